The molecule has 1 amide bonds. The Bertz CT molecular complexity index is 1440. The molecule has 1 atom stereocenters. The quantitative estimate of drug-likeness (QED) is 0.447. The zero-order chi connectivity index (χ0) is 27.2. The fourth-order valence-electron chi connectivity index (χ4n) is 5.09. The van der Waals surface area contributed by atoms with Crippen molar-refractivity contribution in [3.63, 3.8) is 0 Å². The molecule has 2 fully saturated rings. The second-order valence-electron chi connectivity index (χ2n) is 11.0. The van der Waals surface area contributed by atoms with E-state index in [1.165, 1.54) is 19.3 Å². The first-order valence-corrected chi connectivity index (χ1v) is 12.7. The number of carbonyl (C=O) groups excluding carboxylic acids is 1. The van der Waals surface area contributed by atoms with Crippen molar-refractivity contribution in [1.29, 1.82) is 0 Å². The maximum Gasteiger partial charge on any atom is 0.410 e. The van der Waals surface area contributed by atoms with Crippen LogP contribution in [0.1, 0.15) is 51.6 Å². The summed E-state index contributed by atoms with van der Waals surface area (Å²) < 4.78 is 47.1. The van der Waals surface area contributed by atoms with Crippen LogP contribution in [0.25, 0.3) is 10.9 Å². The van der Waals surface area contributed by atoms with Gasteiger partial charge in [-0.1, -0.05) is 0 Å². The third-order valence-corrected chi connectivity index (χ3v) is 7.18. The van der Waals surface area contributed by atoms with Crippen molar-refractivity contribution in [3.05, 3.63) is 64.2 Å². The summed E-state index contributed by atoms with van der Waals surface area (Å²) in [5.41, 5.74) is -0.738. The molecule has 3 heterocycles. The van der Waals surface area contributed by atoms with Gasteiger partial charge < -0.3 is 19.1 Å². The van der Waals surface area contributed by atoms with Crippen molar-refractivity contribution >= 4 is 17.0 Å². The van der Waals surface area contributed by atoms with Crippen LogP contribution in [0.5, 0.6) is 11.5 Å². The molecular weight excluding hydrogens is 496 g/mol. The fourth-order valence-corrected chi connectivity index (χ4v) is 5.09. The number of benzene rings is 2. The maximum absolute atomic E-state index is 14.3. The smallest absolute Gasteiger partial charge is 0.410 e. The summed E-state index contributed by atoms with van der Waals surface area (Å²) in [5, 5.41) is 0.306. The van der Waals surface area contributed by atoms with Gasteiger partial charge in [-0.2, -0.15) is 0 Å². The molecule has 1 spiro atoms. The van der Waals surface area contributed by atoms with Crippen LogP contribution in [-0.4, -0.2) is 51.4 Å². The molecule has 2 aromatic carbocycles. The average Bonchev–Trinajstić information content (AvgIpc) is 3.27. The van der Waals surface area contributed by atoms with Crippen LogP contribution in [0.3, 0.4) is 0 Å². The lowest BCUT2D eigenvalue weighted by molar-refractivity contribution is -0.0486. The molecule has 10 heteroatoms. The maximum atomic E-state index is 14.3. The Hall–Kier alpha value is -3.53. The summed E-state index contributed by atoms with van der Waals surface area (Å²) in [6, 6.07) is 6.49. The van der Waals surface area contributed by atoms with E-state index < -0.39 is 22.8 Å². The van der Waals surface area contributed by atoms with E-state index >= 15 is 0 Å². The molecule has 8 nitrogen and oxygen atoms in total. The number of carbonyl (C=O) groups is 1. The average molecular weight is 528 g/mol. The number of likely N-dealkylation sites (tertiary alicyclic amines) is 1. The Kier molecular flexibility index (Phi) is 6.63. The number of aromatic nitrogens is 2. The van der Waals surface area contributed by atoms with Gasteiger partial charge in [-0.3, -0.25) is 9.36 Å². The predicted octanol–water partition coefficient (Wildman–Crippen LogP) is 5.51. The van der Waals surface area contributed by atoms with E-state index in [1.807, 2.05) is 20.8 Å². The van der Waals surface area contributed by atoms with Gasteiger partial charge in [0, 0.05) is 18.7 Å². The number of amides is 1. The summed E-state index contributed by atoms with van der Waals surface area (Å²) in [5.74, 6) is -1.30. The fraction of sp³-hybridized carbons (Fsp3) is 0.464. The molecule has 0 saturated carbocycles. The highest BCUT2D eigenvalue weighted by Crippen LogP contribution is 2.40. The topological polar surface area (TPSA) is 82.9 Å². The van der Waals surface area contributed by atoms with Gasteiger partial charge in [-0.25, -0.2) is 18.6 Å². The minimum atomic E-state index is -0.696. The number of hydrogen-bond donors (Lipinski definition) is 0. The van der Waals surface area contributed by atoms with E-state index in [9.17, 15) is 18.4 Å². The number of piperidine rings is 1. The van der Waals surface area contributed by atoms with Crippen LogP contribution in [0.4, 0.5) is 13.6 Å². The van der Waals surface area contributed by atoms with Gasteiger partial charge in [0.2, 0.25) is 0 Å². The van der Waals surface area contributed by atoms with Crippen molar-refractivity contribution in [2.75, 3.05) is 19.7 Å². The molecule has 202 valence electrons. The molecule has 2 aliphatic heterocycles. The molecule has 1 unspecified atom stereocenters. The van der Waals surface area contributed by atoms with Crippen LogP contribution in [-0.2, 0) is 9.47 Å². The number of ether oxygens (including phenoxy) is 3. The SMILES string of the molecule is Cc1c(F)ccc(F)c1Oc1ccc2ncn(C3COC4(CCN(C(=O)OC(C)(C)C)CC4)C3)c(=O)c2c1. The first kappa shape index (κ1) is 26.1. The van der Waals surface area contributed by atoms with Gasteiger partial charge >= 0.3 is 6.09 Å². The number of nitrogens with zero attached hydrogens (tertiary/aromatic N) is 3. The lowest BCUT2D eigenvalue weighted by atomic mass is 9.87. The Labute approximate surface area is 219 Å². The molecule has 0 radical (unpaired) electrons. The number of hydrogen-bond acceptors (Lipinski definition) is 6. The molecule has 1 aromatic heterocycles. The Morgan fingerprint density at radius 1 is 1.13 bits per heavy atom. The molecular formula is C28H31F2N3O5. The van der Waals surface area contributed by atoms with Gasteiger partial charge in [0.25, 0.3) is 5.56 Å². The third kappa shape index (κ3) is 5.09. The molecule has 0 N–H and O–H groups in total. The van der Waals surface area contributed by atoms with Crippen LogP contribution in [0, 0.1) is 18.6 Å². The Balaban J connectivity index is 1.33. The van der Waals surface area contributed by atoms with E-state index in [2.05, 4.69) is 4.98 Å². The van der Waals surface area contributed by atoms with Gasteiger partial charge in [0.05, 0.1) is 35.5 Å². The summed E-state index contributed by atoms with van der Waals surface area (Å²) in [7, 11) is 0. The van der Waals surface area contributed by atoms with Gasteiger partial charge in [-0.05, 0) is 77.3 Å². The second-order valence-corrected chi connectivity index (χ2v) is 11.0. The molecule has 0 aliphatic carbocycles. The van der Waals surface area contributed by atoms with Crippen LogP contribution in [0.15, 0.2) is 41.5 Å². The first-order valence-electron chi connectivity index (χ1n) is 12.7. The summed E-state index contributed by atoms with van der Waals surface area (Å²) in [6.45, 7) is 8.33. The van der Waals surface area contributed by atoms with Crippen LogP contribution >= 0.6 is 0 Å². The zero-order valence-electron chi connectivity index (χ0n) is 21.9. The summed E-state index contributed by atoms with van der Waals surface area (Å²) in [6.07, 6.45) is 3.10. The summed E-state index contributed by atoms with van der Waals surface area (Å²) >= 11 is 0. The molecule has 2 saturated heterocycles. The standard InChI is InChI=1S/C28H31F2N3O5/c1-17-21(29)6-7-22(30)24(17)37-19-5-8-23-20(13-19)25(34)33(16-31-23)18-14-28(36-15-18)9-11-32(12-10-28)26(35)38-27(2,3)4/h5-8,13,16,18H,9-12,14-15H2,1-4H3. The van der Waals surface area contributed by atoms with E-state index in [-0.39, 0.29) is 34.8 Å². The van der Waals surface area contributed by atoms with Crippen LogP contribution in [0.2, 0.25) is 0 Å². The van der Waals surface area contributed by atoms with E-state index in [1.54, 1.807) is 21.6 Å². The minimum absolute atomic E-state index is 0.0415. The lowest BCUT2D eigenvalue weighted by Crippen LogP contribution is -2.48. The van der Waals surface area contributed by atoms with Crippen molar-refractivity contribution in [3.8, 4) is 11.5 Å². The highest BCUT2D eigenvalue weighted by molar-refractivity contribution is 5.79. The van der Waals surface area contributed by atoms with Crippen molar-refractivity contribution in [2.45, 2.75) is 64.2 Å². The number of halogens is 2. The largest absolute Gasteiger partial charge is 0.454 e. The Morgan fingerprint density at radius 2 is 1.84 bits per heavy atom. The van der Waals surface area contributed by atoms with Gasteiger partial charge in [0.1, 0.15) is 17.2 Å². The molecule has 2 aliphatic rings. The third-order valence-electron chi connectivity index (χ3n) is 7.18. The normalized spacial score (nSPS) is 19.2. The predicted molar refractivity (Wildman–Crippen MR) is 137 cm³/mol. The van der Waals surface area contributed by atoms with Gasteiger partial charge in [-0.15, -0.1) is 0 Å². The molecule has 38 heavy (non-hydrogen) atoms. The lowest BCUT2D eigenvalue weighted by Gasteiger charge is -2.39. The minimum Gasteiger partial charge on any atom is -0.454 e. The van der Waals surface area contributed by atoms with Crippen LogP contribution < -0.4 is 10.3 Å². The molecule has 5 rings (SSSR count). The molecule has 3 aromatic rings. The second kappa shape index (κ2) is 9.65. The number of fused-ring (bicyclic) bond motifs is 1. The van der Waals surface area contributed by atoms with Crippen molar-refractivity contribution in [2.24, 2.45) is 0 Å². The number of rotatable bonds is 3. The Morgan fingerprint density at radius 3 is 2.55 bits per heavy atom. The van der Waals surface area contributed by atoms with E-state index in [4.69, 9.17) is 14.2 Å². The monoisotopic (exact) mass is 527 g/mol. The zero-order valence-corrected chi connectivity index (χ0v) is 21.9. The van der Waals surface area contributed by atoms with Crippen molar-refractivity contribution in [1.82, 2.24) is 14.5 Å². The molecule has 0 bridgehead atoms. The first-order chi connectivity index (χ1) is 17.9. The van der Waals surface area contributed by atoms with E-state index in [0.29, 0.717) is 49.9 Å². The van der Waals surface area contributed by atoms with E-state index in [0.717, 1.165) is 12.1 Å². The van der Waals surface area contributed by atoms with Gasteiger partial charge in [0.15, 0.2) is 11.6 Å². The summed E-state index contributed by atoms with van der Waals surface area (Å²) in [4.78, 5) is 32.0. The highest BCUT2D eigenvalue weighted by atomic mass is 19.1. The highest BCUT2D eigenvalue weighted by Gasteiger charge is 2.44. The van der Waals surface area contributed by atoms with Crippen molar-refractivity contribution < 1.29 is 27.8 Å².